The maximum absolute atomic E-state index is 13.1. The van der Waals surface area contributed by atoms with Crippen molar-refractivity contribution in [2.45, 2.75) is 0 Å². The Morgan fingerprint density at radius 3 is 2.62 bits per heavy atom. The first-order valence-corrected chi connectivity index (χ1v) is 8.14. The number of carbonyl (C=O) groups excluding carboxylic acids is 1. The van der Waals surface area contributed by atoms with Gasteiger partial charge in [-0.1, -0.05) is 29.8 Å². The summed E-state index contributed by atoms with van der Waals surface area (Å²) in [5.74, 6) is 0.0501. The number of fused-ring (bicyclic) bond motifs is 5. The zero-order valence-electron chi connectivity index (χ0n) is 13.0. The van der Waals surface area contributed by atoms with Gasteiger partial charge in [0.05, 0.1) is 16.9 Å². The summed E-state index contributed by atoms with van der Waals surface area (Å²) in [6, 6.07) is 17.6. The molecule has 1 aliphatic rings. The quantitative estimate of drug-likeness (QED) is 0.432. The molecule has 0 unspecified atom stereocenters. The number of aromatic nitrogens is 2. The van der Waals surface area contributed by atoms with Crippen molar-refractivity contribution in [1.82, 2.24) is 9.13 Å². The van der Waals surface area contributed by atoms with Crippen LogP contribution in [-0.2, 0) is 7.05 Å². The minimum absolute atomic E-state index is 0.0501. The van der Waals surface area contributed by atoms with Gasteiger partial charge in [0, 0.05) is 34.8 Å². The number of hydrogen-bond donors (Lipinski definition) is 0. The number of carbonyl (C=O) groups is 1. The molecule has 0 radical (unpaired) electrons. The number of halogens is 1. The molecule has 0 N–H and O–H groups in total. The van der Waals surface area contributed by atoms with E-state index in [2.05, 4.69) is 12.1 Å². The smallest absolute Gasteiger partial charge is 0.212 e. The number of para-hydroxylation sites is 1. The molecule has 4 heteroatoms. The van der Waals surface area contributed by atoms with Crippen LogP contribution in [0, 0.1) is 0 Å². The lowest BCUT2D eigenvalue weighted by molar-refractivity contribution is 0.104. The fourth-order valence-corrected chi connectivity index (χ4v) is 3.86. The second kappa shape index (κ2) is 4.62. The Morgan fingerprint density at radius 2 is 1.83 bits per heavy atom. The minimum atomic E-state index is 0.0501. The van der Waals surface area contributed by atoms with Crippen molar-refractivity contribution in [3.05, 3.63) is 77.1 Å². The highest BCUT2D eigenvalue weighted by Gasteiger charge is 2.33. The van der Waals surface area contributed by atoms with Crippen LogP contribution in [0.1, 0.15) is 16.1 Å². The molecule has 4 aromatic rings. The number of benzene rings is 2. The van der Waals surface area contributed by atoms with Crippen molar-refractivity contribution in [2.75, 3.05) is 0 Å². The average molecular weight is 333 g/mol. The van der Waals surface area contributed by atoms with Crippen LogP contribution in [-0.4, -0.2) is 14.9 Å². The van der Waals surface area contributed by atoms with Gasteiger partial charge in [-0.2, -0.15) is 0 Å². The highest BCUT2D eigenvalue weighted by Crippen LogP contribution is 2.43. The zero-order chi connectivity index (χ0) is 16.4. The van der Waals surface area contributed by atoms with Crippen molar-refractivity contribution in [3.63, 3.8) is 0 Å². The van der Waals surface area contributed by atoms with E-state index < -0.39 is 0 Å². The molecule has 1 aliphatic heterocycles. The number of rotatable bonds is 1. The molecule has 3 heterocycles. The topological polar surface area (TPSA) is 26.9 Å². The SMILES string of the molecule is Cn1cccc1-c1c2n(c3ccccc13)-c1cc(Cl)ccc1C2=O. The summed E-state index contributed by atoms with van der Waals surface area (Å²) in [6.07, 6.45) is 2.00. The van der Waals surface area contributed by atoms with E-state index in [0.29, 0.717) is 10.6 Å². The van der Waals surface area contributed by atoms with E-state index in [0.717, 1.165) is 33.5 Å². The van der Waals surface area contributed by atoms with Crippen LogP contribution < -0.4 is 0 Å². The number of ketones is 1. The third-order valence-electron chi connectivity index (χ3n) is 4.73. The van der Waals surface area contributed by atoms with Gasteiger partial charge in [0.2, 0.25) is 5.78 Å². The molecule has 116 valence electrons. The van der Waals surface area contributed by atoms with Gasteiger partial charge in [0.15, 0.2) is 0 Å². The van der Waals surface area contributed by atoms with Crippen LogP contribution in [0.25, 0.3) is 27.8 Å². The third kappa shape index (κ3) is 1.60. The monoisotopic (exact) mass is 332 g/mol. The maximum atomic E-state index is 13.1. The number of nitrogens with zero attached hydrogens (tertiary/aromatic N) is 2. The Hall–Kier alpha value is -2.78. The normalized spacial score (nSPS) is 12.7. The molecule has 3 nitrogen and oxygen atoms in total. The van der Waals surface area contributed by atoms with Crippen LogP contribution in [0.5, 0.6) is 0 Å². The zero-order valence-corrected chi connectivity index (χ0v) is 13.7. The summed E-state index contributed by atoms with van der Waals surface area (Å²) in [7, 11) is 2.00. The molecule has 0 saturated heterocycles. The van der Waals surface area contributed by atoms with Crippen LogP contribution in [0.3, 0.4) is 0 Å². The maximum Gasteiger partial charge on any atom is 0.212 e. The second-order valence-electron chi connectivity index (χ2n) is 6.07. The van der Waals surface area contributed by atoms with E-state index in [1.54, 1.807) is 6.07 Å². The molecule has 0 aliphatic carbocycles. The molecule has 0 saturated carbocycles. The summed E-state index contributed by atoms with van der Waals surface area (Å²) in [4.78, 5) is 13.1. The molecule has 0 bridgehead atoms. The first kappa shape index (κ1) is 13.6. The van der Waals surface area contributed by atoms with E-state index >= 15 is 0 Å². The van der Waals surface area contributed by atoms with Gasteiger partial charge < -0.3 is 9.13 Å². The highest BCUT2D eigenvalue weighted by molar-refractivity contribution is 6.31. The highest BCUT2D eigenvalue weighted by atomic mass is 35.5. The first-order valence-electron chi connectivity index (χ1n) is 7.76. The fourth-order valence-electron chi connectivity index (χ4n) is 3.69. The Morgan fingerprint density at radius 1 is 1.00 bits per heavy atom. The van der Waals surface area contributed by atoms with Gasteiger partial charge >= 0.3 is 0 Å². The lowest BCUT2D eigenvalue weighted by atomic mass is 10.0. The summed E-state index contributed by atoms with van der Waals surface area (Å²) >= 11 is 6.19. The van der Waals surface area contributed by atoms with E-state index in [-0.39, 0.29) is 5.78 Å². The third-order valence-corrected chi connectivity index (χ3v) is 4.97. The largest absolute Gasteiger partial charge is 0.350 e. The summed E-state index contributed by atoms with van der Waals surface area (Å²) in [5, 5.41) is 1.71. The fraction of sp³-hybridized carbons (Fsp3) is 0.0500. The van der Waals surface area contributed by atoms with Gasteiger partial charge in [0.1, 0.15) is 5.69 Å². The van der Waals surface area contributed by atoms with E-state index in [1.807, 2.05) is 58.8 Å². The van der Waals surface area contributed by atoms with E-state index in [4.69, 9.17) is 11.6 Å². The Kier molecular flexibility index (Phi) is 2.62. The van der Waals surface area contributed by atoms with Crippen LogP contribution in [0.4, 0.5) is 0 Å². The molecule has 24 heavy (non-hydrogen) atoms. The van der Waals surface area contributed by atoms with Gasteiger partial charge in [-0.15, -0.1) is 0 Å². The predicted octanol–water partition coefficient (Wildman–Crippen LogP) is 4.83. The van der Waals surface area contributed by atoms with Crippen LogP contribution in [0.2, 0.25) is 5.02 Å². The van der Waals surface area contributed by atoms with E-state index in [9.17, 15) is 4.79 Å². The van der Waals surface area contributed by atoms with E-state index in [1.165, 1.54) is 0 Å². The molecular formula is C20H13ClN2O. The van der Waals surface area contributed by atoms with Crippen molar-refractivity contribution >= 4 is 28.3 Å². The van der Waals surface area contributed by atoms with Crippen molar-refractivity contribution < 1.29 is 4.79 Å². The minimum Gasteiger partial charge on any atom is -0.350 e. The summed E-state index contributed by atoms with van der Waals surface area (Å²) in [5.41, 5.74) is 5.32. The molecule has 0 atom stereocenters. The summed E-state index contributed by atoms with van der Waals surface area (Å²) in [6.45, 7) is 0. The van der Waals surface area contributed by atoms with Gasteiger partial charge in [-0.3, -0.25) is 4.79 Å². The van der Waals surface area contributed by atoms with Crippen molar-refractivity contribution in [2.24, 2.45) is 7.05 Å². The number of hydrogen-bond acceptors (Lipinski definition) is 1. The standard InChI is InChI=1S/C20H13ClN2O/c1-22-10-4-7-16(22)18-13-5-2-3-6-15(13)23-17-11-12(21)8-9-14(17)20(24)19(18)23/h2-11H,1H3. The molecular weight excluding hydrogens is 320 g/mol. The molecule has 5 rings (SSSR count). The lowest BCUT2D eigenvalue weighted by Crippen LogP contribution is -2.00. The van der Waals surface area contributed by atoms with Gasteiger partial charge in [0.25, 0.3) is 0 Å². The summed E-state index contributed by atoms with van der Waals surface area (Å²) < 4.78 is 4.09. The Labute approximate surface area is 143 Å². The molecule has 0 spiro atoms. The van der Waals surface area contributed by atoms with Crippen LogP contribution >= 0.6 is 11.6 Å². The van der Waals surface area contributed by atoms with Crippen molar-refractivity contribution in [3.8, 4) is 16.9 Å². The molecule has 2 aromatic heterocycles. The molecule has 2 aromatic carbocycles. The Bertz CT molecular complexity index is 1150. The van der Waals surface area contributed by atoms with Gasteiger partial charge in [-0.05, 0) is 36.4 Å². The van der Waals surface area contributed by atoms with Crippen molar-refractivity contribution in [1.29, 1.82) is 0 Å². The predicted molar refractivity (Wildman–Crippen MR) is 96.1 cm³/mol. The number of aryl methyl sites for hydroxylation is 1. The van der Waals surface area contributed by atoms with Gasteiger partial charge in [-0.25, -0.2) is 0 Å². The second-order valence-corrected chi connectivity index (χ2v) is 6.51. The Balaban J connectivity index is 1.99. The average Bonchev–Trinajstić information content (AvgIpc) is 3.21. The molecule has 0 fully saturated rings. The molecule has 0 amide bonds. The van der Waals surface area contributed by atoms with Crippen LogP contribution in [0.15, 0.2) is 60.8 Å². The lowest BCUT2D eigenvalue weighted by Gasteiger charge is -2.04. The first-order chi connectivity index (χ1) is 11.7.